The van der Waals surface area contributed by atoms with Gasteiger partial charge < -0.3 is 4.90 Å². The third-order valence-corrected chi connectivity index (χ3v) is 3.15. The number of pyridine rings is 1. The van der Waals surface area contributed by atoms with Gasteiger partial charge in [-0.2, -0.15) is 5.26 Å². The molecule has 0 saturated heterocycles. The van der Waals surface area contributed by atoms with Crippen LogP contribution < -0.4 is 4.90 Å². The molecule has 3 nitrogen and oxygen atoms in total. The number of aryl methyl sites for hydroxylation is 1. The van der Waals surface area contributed by atoms with Crippen LogP contribution in [0.3, 0.4) is 0 Å². The highest BCUT2D eigenvalue weighted by Crippen LogP contribution is 2.21. The molecule has 0 amide bonds. The van der Waals surface area contributed by atoms with E-state index in [9.17, 15) is 5.26 Å². The fraction of sp³-hybridized carbons (Fsp3) is 0.250. The Morgan fingerprint density at radius 3 is 2.58 bits per heavy atom. The second-order valence-electron chi connectivity index (χ2n) is 4.44. The Morgan fingerprint density at radius 1 is 1.21 bits per heavy atom. The zero-order valence-electron chi connectivity index (χ0n) is 11.3. The molecule has 0 aliphatic carbocycles. The van der Waals surface area contributed by atoms with Gasteiger partial charge in [0.25, 0.3) is 0 Å². The van der Waals surface area contributed by atoms with Crippen LogP contribution >= 0.6 is 0 Å². The summed E-state index contributed by atoms with van der Waals surface area (Å²) in [6.45, 7) is 5.61. The molecule has 0 fully saturated rings. The van der Waals surface area contributed by atoms with Crippen LogP contribution in [-0.4, -0.2) is 11.5 Å². The average Bonchev–Trinajstić information content (AvgIpc) is 2.45. The minimum Gasteiger partial charge on any atom is -0.351 e. The molecule has 96 valence electrons. The summed E-state index contributed by atoms with van der Waals surface area (Å²) in [4.78, 5) is 6.51. The fourth-order valence-electron chi connectivity index (χ4n) is 2.06. The van der Waals surface area contributed by atoms with Gasteiger partial charge in [-0.3, -0.25) is 0 Å². The van der Waals surface area contributed by atoms with Crippen molar-refractivity contribution in [1.29, 1.82) is 5.26 Å². The van der Waals surface area contributed by atoms with Gasteiger partial charge in [0.2, 0.25) is 0 Å². The first-order valence-corrected chi connectivity index (χ1v) is 6.40. The molecular weight excluding hydrogens is 234 g/mol. The average molecular weight is 251 g/mol. The van der Waals surface area contributed by atoms with Gasteiger partial charge in [0, 0.05) is 19.3 Å². The number of benzene rings is 1. The van der Waals surface area contributed by atoms with Gasteiger partial charge in [0.05, 0.1) is 5.56 Å². The zero-order chi connectivity index (χ0) is 13.7. The van der Waals surface area contributed by atoms with Crippen molar-refractivity contribution in [1.82, 2.24) is 4.98 Å². The molecule has 1 heterocycles. The molecule has 0 unspecified atom stereocenters. The minimum atomic E-state index is 0.667. The number of anilines is 1. The summed E-state index contributed by atoms with van der Waals surface area (Å²) >= 11 is 0. The first-order chi connectivity index (χ1) is 9.26. The highest BCUT2D eigenvalue weighted by molar-refractivity contribution is 5.57. The maximum atomic E-state index is 9.29. The molecule has 1 aromatic carbocycles. The Labute approximate surface area is 114 Å². The Bertz CT molecular complexity index is 585. The van der Waals surface area contributed by atoms with E-state index in [0.717, 1.165) is 24.5 Å². The molecule has 3 heteroatoms. The first kappa shape index (κ1) is 13.1. The van der Waals surface area contributed by atoms with Crippen molar-refractivity contribution in [3.8, 4) is 6.07 Å². The maximum Gasteiger partial charge on any atom is 0.147 e. The minimum absolute atomic E-state index is 0.667. The Kier molecular flexibility index (Phi) is 4.15. The molecule has 0 radical (unpaired) electrons. The summed E-state index contributed by atoms with van der Waals surface area (Å²) < 4.78 is 0. The molecular formula is C16H17N3. The molecule has 0 aliphatic rings. The van der Waals surface area contributed by atoms with Gasteiger partial charge in [-0.05, 0) is 31.0 Å². The quantitative estimate of drug-likeness (QED) is 0.837. The van der Waals surface area contributed by atoms with Crippen LogP contribution in [0, 0.1) is 18.3 Å². The Morgan fingerprint density at radius 2 is 1.95 bits per heavy atom. The topological polar surface area (TPSA) is 39.9 Å². The molecule has 1 aromatic heterocycles. The van der Waals surface area contributed by atoms with Crippen LogP contribution in [-0.2, 0) is 6.54 Å². The van der Waals surface area contributed by atoms with Crippen LogP contribution in [0.4, 0.5) is 5.82 Å². The Balaban J connectivity index is 2.33. The SMILES string of the molecule is CCN(Cc1ccccc1)c1nccc(C)c1C#N. The van der Waals surface area contributed by atoms with Gasteiger partial charge in [-0.15, -0.1) is 0 Å². The second-order valence-corrected chi connectivity index (χ2v) is 4.44. The van der Waals surface area contributed by atoms with Crippen LogP contribution in [0.15, 0.2) is 42.6 Å². The van der Waals surface area contributed by atoms with Gasteiger partial charge >= 0.3 is 0 Å². The highest BCUT2D eigenvalue weighted by atomic mass is 15.2. The normalized spacial score (nSPS) is 9.95. The van der Waals surface area contributed by atoms with Crippen LogP contribution in [0.5, 0.6) is 0 Å². The molecule has 0 atom stereocenters. The van der Waals surface area contributed by atoms with Crippen molar-refractivity contribution in [3.05, 3.63) is 59.3 Å². The molecule has 19 heavy (non-hydrogen) atoms. The smallest absolute Gasteiger partial charge is 0.147 e. The molecule has 2 rings (SSSR count). The number of hydrogen-bond donors (Lipinski definition) is 0. The molecule has 0 bridgehead atoms. The van der Waals surface area contributed by atoms with E-state index in [1.165, 1.54) is 5.56 Å². The fourth-order valence-corrected chi connectivity index (χ4v) is 2.06. The lowest BCUT2D eigenvalue weighted by molar-refractivity contribution is 0.810. The van der Waals surface area contributed by atoms with Crippen molar-refractivity contribution in [3.63, 3.8) is 0 Å². The van der Waals surface area contributed by atoms with E-state index in [1.807, 2.05) is 31.2 Å². The van der Waals surface area contributed by atoms with Crippen molar-refractivity contribution < 1.29 is 0 Å². The predicted molar refractivity (Wildman–Crippen MR) is 76.9 cm³/mol. The summed E-state index contributed by atoms with van der Waals surface area (Å²) in [7, 11) is 0. The lowest BCUT2D eigenvalue weighted by Crippen LogP contribution is -2.24. The number of hydrogen-bond acceptors (Lipinski definition) is 3. The van der Waals surface area contributed by atoms with Crippen molar-refractivity contribution >= 4 is 5.82 Å². The van der Waals surface area contributed by atoms with E-state index in [0.29, 0.717) is 5.56 Å². The maximum absolute atomic E-state index is 9.29. The van der Waals surface area contributed by atoms with E-state index in [-0.39, 0.29) is 0 Å². The first-order valence-electron chi connectivity index (χ1n) is 6.40. The lowest BCUT2D eigenvalue weighted by atomic mass is 10.1. The Hall–Kier alpha value is -2.34. The van der Waals surface area contributed by atoms with E-state index in [4.69, 9.17) is 0 Å². The van der Waals surface area contributed by atoms with E-state index < -0.39 is 0 Å². The number of nitriles is 1. The van der Waals surface area contributed by atoms with Gasteiger partial charge in [-0.1, -0.05) is 30.3 Å². The van der Waals surface area contributed by atoms with E-state index >= 15 is 0 Å². The van der Waals surface area contributed by atoms with Crippen molar-refractivity contribution in [2.75, 3.05) is 11.4 Å². The van der Waals surface area contributed by atoms with Gasteiger partial charge in [0.15, 0.2) is 0 Å². The monoisotopic (exact) mass is 251 g/mol. The zero-order valence-corrected chi connectivity index (χ0v) is 11.3. The summed E-state index contributed by atoms with van der Waals surface area (Å²) in [5, 5.41) is 9.29. The predicted octanol–water partition coefficient (Wildman–Crippen LogP) is 3.29. The summed E-state index contributed by atoms with van der Waals surface area (Å²) in [6.07, 6.45) is 1.76. The van der Waals surface area contributed by atoms with Crippen molar-refractivity contribution in [2.45, 2.75) is 20.4 Å². The van der Waals surface area contributed by atoms with E-state index in [1.54, 1.807) is 6.20 Å². The summed E-state index contributed by atoms with van der Waals surface area (Å²) in [5.41, 5.74) is 2.86. The summed E-state index contributed by atoms with van der Waals surface area (Å²) in [5.74, 6) is 0.772. The number of nitrogens with zero attached hydrogens (tertiary/aromatic N) is 3. The highest BCUT2D eigenvalue weighted by Gasteiger charge is 2.13. The van der Waals surface area contributed by atoms with Crippen LogP contribution in [0.2, 0.25) is 0 Å². The summed E-state index contributed by atoms with van der Waals surface area (Å²) in [6, 6.07) is 14.4. The second kappa shape index (κ2) is 6.01. The third-order valence-electron chi connectivity index (χ3n) is 3.15. The van der Waals surface area contributed by atoms with E-state index in [2.05, 4.69) is 35.0 Å². The largest absolute Gasteiger partial charge is 0.351 e. The van der Waals surface area contributed by atoms with Gasteiger partial charge in [0.1, 0.15) is 11.9 Å². The molecule has 0 aliphatic heterocycles. The van der Waals surface area contributed by atoms with Crippen molar-refractivity contribution in [2.24, 2.45) is 0 Å². The van der Waals surface area contributed by atoms with Gasteiger partial charge in [-0.25, -0.2) is 4.98 Å². The number of rotatable bonds is 4. The van der Waals surface area contributed by atoms with Crippen LogP contribution in [0.25, 0.3) is 0 Å². The standard InChI is InChI=1S/C16H17N3/c1-3-19(12-14-7-5-4-6-8-14)16-15(11-17)13(2)9-10-18-16/h4-10H,3,12H2,1-2H3. The third kappa shape index (κ3) is 2.92. The lowest BCUT2D eigenvalue weighted by Gasteiger charge is -2.23. The molecule has 0 N–H and O–H groups in total. The molecule has 0 saturated carbocycles. The van der Waals surface area contributed by atoms with Crippen LogP contribution in [0.1, 0.15) is 23.6 Å². The number of aromatic nitrogens is 1. The molecule has 2 aromatic rings. The molecule has 0 spiro atoms.